The number of pyridine rings is 1. The van der Waals surface area contributed by atoms with Crippen molar-refractivity contribution in [3.8, 4) is 0 Å². The Bertz CT molecular complexity index is 921. The summed E-state index contributed by atoms with van der Waals surface area (Å²) in [6, 6.07) is 4.98. The fourth-order valence-corrected chi connectivity index (χ4v) is 3.14. The Morgan fingerprint density at radius 3 is 2.48 bits per heavy atom. The molecule has 13 heteroatoms. The van der Waals surface area contributed by atoms with E-state index in [0.29, 0.717) is 24.4 Å². The van der Waals surface area contributed by atoms with Gasteiger partial charge in [0.25, 0.3) is 11.8 Å². The Labute approximate surface area is 187 Å². The first kappa shape index (κ1) is 26.0. The average Bonchev–Trinajstić information content (AvgIpc) is 3.14. The van der Waals surface area contributed by atoms with Crippen LogP contribution in [0.25, 0.3) is 0 Å². The lowest BCUT2D eigenvalue weighted by Crippen LogP contribution is -2.59. The average molecular weight is 474 g/mol. The molecule has 0 saturated carbocycles. The van der Waals surface area contributed by atoms with Crippen LogP contribution < -0.4 is 10.6 Å². The second-order valence-corrected chi connectivity index (χ2v) is 7.83. The van der Waals surface area contributed by atoms with Crippen molar-refractivity contribution in [1.82, 2.24) is 15.6 Å². The number of aliphatic carboxylic acids is 1. The van der Waals surface area contributed by atoms with Gasteiger partial charge < -0.3 is 25.3 Å². The van der Waals surface area contributed by atoms with E-state index < -0.39 is 17.7 Å². The number of halogens is 3. The number of alkyl halides is 3. The first-order valence-corrected chi connectivity index (χ1v) is 10.0. The summed E-state index contributed by atoms with van der Waals surface area (Å²) in [4.78, 5) is 43.6. The largest absolute Gasteiger partial charge is 0.490 e. The van der Waals surface area contributed by atoms with Crippen LogP contribution in [-0.4, -0.2) is 70.7 Å². The van der Waals surface area contributed by atoms with Crippen LogP contribution in [0.2, 0.25) is 0 Å². The number of carbonyl (C=O) groups excluding carboxylic acids is 2. The van der Waals surface area contributed by atoms with E-state index in [1.165, 1.54) is 0 Å². The van der Waals surface area contributed by atoms with Gasteiger partial charge in [-0.05, 0) is 39.3 Å². The second-order valence-electron chi connectivity index (χ2n) is 7.83. The molecule has 2 aliphatic rings. The highest BCUT2D eigenvalue weighted by atomic mass is 19.4. The summed E-state index contributed by atoms with van der Waals surface area (Å²) in [6.45, 7) is 6.36. The predicted octanol–water partition coefficient (Wildman–Crippen LogP) is 1.58. The number of nitrogens with zero attached hydrogens (tertiary/aromatic N) is 2. The molecule has 3 rings (SSSR count). The maximum Gasteiger partial charge on any atom is 0.490 e. The molecule has 2 amide bonds. The van der Waals surface area contributed by atoms with Gasteiger partial charge in [-0.2, -0.15) is 13.2 Å². The van der Waals surface area contributed by atoms with Crippen LogP contribution in [0, 0.1) is 6.92 Å². The van der Waals surface area contributed by atoms with Crippen molar-refractivity contribution in [3.63, 3.8) is 0 Å². The number of aromatic nitrogens is 1. The van der Waals surface area contributed by atoms with Crippen LogP contribution in [0.1, 0.15) is 42.9 Å². The summed E-state index contributed by atoms with van der Waals surface area (Å²) in [6.07, 6.45) is -4.22. The van der Waals surface area contributed by atoms with Crippen LogP contribution in [0.3, 0.4) is 0 Å². The Hall–Kier alpha value is -3.22. The van der Waals surface area contributed by atoms with E-state index in [0.717, 1.165) is 5.69 Å². The van der Waals surface area contributed by atoms with E-state index in [2.05, 4.69) is 20.8 Å². The normalized spacial score (nSPS) is 22.0. The smallest absolute Gasteiger partial charge is 0.475 e. The molecule has 0 bridgehead atoms. The summed E-state index contributed by atoms with van der Waals surface area (Å²) in [5.41, 5.74) is 0.578. The van der Waals surface area contributed by atoms with Crippen LogP contribution >= 0.6 is 0 Å². The number of carboxylic acids is 1. The minimum absolute atomic E-state index is 0.00671. The maximum atomic E-state index is 12.6. The Kier molecular flexibility index (Phi) is 8.36. The van der Waals surface area contributed by atoms with Crippen LogP contribution in [0.4, 0.5) is 13.2 Å². The number of nitrogens with one attached hydrogen (secondary N) is 2. The minimum atomic E-state index is -5.08. The molecule has 1 aromatic heterocycles. The SMILES string of the molecule is Cc1cccc(C(=O)NC2CCOCC23CC(C(=O)NC(C)C)=NO3)n1.O=C(O)C(F)(F)F. The number of aryl methyl sites for hydroxylation is 1. The monoisotopic (exact) mass is 474 g/mol. The molecule has 10 nitrogen and oxygen atoms in total. The molecule has 1 saturated heterocycles. The Balaban J connectivity index is 0.000000479. The highest BCUT2D eigenvalue weighted by molar-refractivity contribution is 6.39. The van der Waals surface area contributed by atoms with Gasteiger partial charge in [-0.25, -0.2) is 9.78 Å². The number of rotatable bonds is 4. The molecule has 2 aliphatic heterocycles. The number of oxime groups is 1. The molecule has 3 heterocycles. The van der Waals surface area contributed by atoms with E-state index in [9.17, 15) is 22.8 Å². The van der Waals surface area contributed by atoms with Gasteiger partial charge >= 0.3 is 12.1 Å². The van der Waals surface area contributed by atoms with Crippen LogP contribution in [-0.2, 0) is 19.2 Å². The lowest BCUT2D eigenvalue weighted by Gasteiger charge is -2.38. The zero-order valence-electron chi connectivity index (χ0n) is 18.2. The van der Waals surface area contributed by atoms with E-state index in [1.807, 2.05) is 26.8 Å². The third-order valence-electron chi connectivity index (χ3n) is 4.69. The molecule has 1 aromatic rings. The van der Waals surface area contributed by atoms with Crippen molar-refractivity contribution in [1.29, 1.82) is 0 Å². The fourth-order valence-electron chi connectivity index (χ4n) is 3.14. The lowest BCUT2D eigenvalue weighted by molar-refractivity contribution is -0.192. The standard InChI is InChI=1S/C18H24N4O4.C2HF3O2/c1-11(2)19-17(24)14-9-18(26-22-14)10-25-8-7-15(18)21-16(23)13-6-4-5-12(3)20-13;3-2(4,5)1(6)7/h4-6,11,15H,7-10H2,1-3H3,(H,19,24)(H,21,23);(H,6,7). The zero-order valence-corrected chi connectivity index (χ0v) is 18.2. The molecule has 1 spiro atoms. The molecule has 33 heavy (non-hydrogen) atoms. The van der Waals surface area contributed by atoms with Gasteiger partial charge in [-0.15, -0.1) is 0 Å². The van der Waals surface area contributed by atoms with Crippen molar-refractivity contribution < 1.29 is 42.2 Å². The summed E-state index contributed by atoms with van der Waals surface area (Å²) in [5.74, 6) is -3.29. The molecule has 182 valence electrons. The summed E-state index contributed by atoms with van der Waals surface area (Å²) >= 11 is 0. The van der Waals surface area contributed by atoms with Gasteiger partial charge in [0.15, 0.2) is 5.60 Å². The summed E-state index contributed by atoms with van der Waals surface area (Å²) in [5, 5.41) is 16.9. The third kappa shape index (κ3) is 7.14. The Morgan fingerprint density at radius 2 is 1.91 bits per heavy atom. The zero-order chi connectivity index (χ0) is 24.8. The van der Waals surface area contributed by atoms with Gasteiger partial charge in [0, 0.05) is 24.8 Å². The van der Waals surface area contributed by atoms with Gasteiger partial charge in [0.05, 0.1) is 12.6 Å². The lowest BCUT2D eigenvalue weighted by atomic mass is 9.85. The molecule has 1 fully saturated rings. The number of hydrogen-bond donors (Lipinski definition) is 3. The quantitative estimate of drug-likeness (QED) is 0.602. The second kappa shape index (κ2) is 10.6. The van der Waals surface area contributed by atoms with Crippen molar-refractivity contribution in [2.45, 2.75) is 57.5 Å². The molecular weight excluding hydrogens is 449 g/mol. The van der Waals surface area contributed by atoms with E-state index in [-0.39, 0.29) is 36.9 Å². The third-order valence-corrected chi connectivity index (χ3v) is 4.69. The first-order valence-electron chi connectivity index (χ1n) is 10.0. The first-order chi connectivity index (χ1) is 15.3. The highest BCUT2D eigenvalue weighted by Crippen LogP contribution is 2.33. The number of carbonyl (C=O) groups is 3. The van der Waals surface area contributed by atoms with Gasteiger partial charge in [0.2, 0.25) is 0 Å². The summed E-state index contributed by atoms with van der Waals surface area (Å²) < 4.78 is 37.3. The predicted molar refractivity (Wildman–Crippen MR) is 109 cm³/mol. The van der Waals surface area contributed by atoms with Gasteiger partial charge in [-0.3, -0.25) is 9.59 Å². The molecule has 2 atom stereocenters. The van der Waals surface area contributed by atoms with Crippen molar-refractivity contribution in [2.24, 2.45) is 5.16 Å². The van der Waals surface area contributed by atoms with Crippen LogP contribution in [0.5, 0.6) is 0 Å². The van der Waals surface area contributed by atoms with E-state index in [1.54, 1.807) is 12.1 Å². The molecule has 0 aromatic carbocycles. The number of ether oxygens (including phenoxy) is 1. The Morgan fingerprint density at radius 1 is 1.24 bits per heavy atom. The minimum Gasteiger partial charge on any atom is -0.475 e. The van der Waals surface area contributed by atoms with E-state index >= 15 is 0 Å². The maximum absolute atomic E-state index is 12.6. The number of carboxylic acid groups (broad SMARTS) is 1. The topological polar surface area (TPSA) is 139 Å². The fraction of sp³-hybridized carbons (Fsp3) is 0.550. The van der Waals surface area contributed by atoms with Gasteiger partial charge in [0.1, 0.15) is 11.4 Å². The van der Waals surface area contributed by atoms with Gasteiger partial charge in [-0.1, -0.05) is 11.2 Å². The van der Waals surface area contributed by atoms with Crippen molar-refractivity contribution in [2.75, 3.05) is 13.2 Å². The van der Waals surface area contributed by atoms with Crippen molar-refractivity contribution in [3.05, 3.63) is 29.6 Å². The van der Waals surface area contributed by atoms with Crippen molar-refractivity contribution >= 4 is 23.5 Å². The molecule has 2 unspecified atom stereocenters. The molecular formula is C20H25F3N4O6. The van der Waals surface area contributed by atoms with Crippen LogP contribution in [0.15, 0.2) is 23.4 Å². The molecule has 0 radical (unpaired) electrons. The summed E-state index contributed by atoms with van der Waals surface area (Å²) in [7, 11) is 0. The number of amides is 2. The highest BCUT2D eigenvalue weighted by Gasteiger charge is 2.50. The molecule has 0 aliphatic carbocycles. The molecule has 3 N–H and O–H groups in total. The number of hydrogen-bond acceptors (Lipinski definition) is 7. The van der Waals surface area contributed by atoms with E-state index in [4.69, 9.17) is 19.5 Å².